The van der Waals surface area contributed by atoms with E-state index >= 15 is 0 Å². The Balaban J connectivity index is 1.74. The zero-order valence-corrected chi connectivity index (χ0v) is 16.0. The van der Waals surface area contributed by atoms with Crippen molar-refractivity contribution in [2.75, 3.05) is 30.3 Å². The van der Waals surface area contributed by atoms with E-state index in [1.807, 2.05) is 18.4 Å². The van der Waals surface area contributed by atoms with Gasteiger partial charge in [0.2, 0.25) is 5.95 Å². The molecule has 1 saturated heterocycles. The maximum atomic E-state index is 13.9. The minimum Gasteiger partial charge on any atom is -0.368 e. The second-order valence-corrected chi connectivity index (χ2v) is 7.76. The maximum absolute atomic E-state index is 13.9. The summed E-state index contributed by atoms with van der Waals surface area (Å²) in [6, 6.07) is 0. The molecule has 5 rings (SSSR count). The van der Waals surface area contributed by atoms with Crippen molar-refractivity contribution in [2.24, 2.45) is 0 Å². The molecule has 29 heavy (non-hydrogen) atoms. The summed E-state index contributed by atoms with van der Waals surface area (Å²) in [7, 11) is 0. The lowest BCUT2D eigenvalue weighted by molar-refractivity contribution is -0.0530. The number of hydrogen-bond donors (Lipinski definition) is 1. The van der Waals surface area contributed by atoms with Gasteiger partial charge in [0, 0.05) is 18.9 Å². The Hall–Kier alpha value is -2.95. The topological polar surface area (TPSA) is 108 Å². The van der Waals surface area contributed by atoms with Crippen molar-refractivity contribution < 1.29 is 13.5 Å². The quantitative estimate of drug-likeness (QED) is 0.689. The minimum absolute atomic E-state index is 0.0902. The van der Waals surface area contributed by atoms with Crippen molar-refractivity contribution in [3.8, 4) is 11.4 Å². The largest absolute Gasteiger partial charge is 0.368 e. The van der Waals surface area contributed by atoms with E-state index in [0.717, 1.165) is 0 Å². The molecule has 2 unspecified atom stereocenters. The van der Waals surface area contributed by atoms with Crippen LogP contribution in [0.1, 0.15) is 19.7 Å². The average molecular weight is 402 g/mol. The number of imidazole rings is 1. The molecule has 3 aromatic heterocycles. The van der Waals surface area contributed by atoms with Crippen LogP contribution < -0.4 is 10.6 Å². The summed E-state index contributed by atoms with van der Waals surface area (Å²) in [6.45, 7) is 4.75. The Morgan fingerprint density at radius 3 is 2.48 bits per heavy atom. The molecular weight excluding hydrogens is 382 g/mol. The van der Waals surface area contributed by atoms with Gasteiger partial charge in [-0.25, -0.2) is 33.7 Å². The maximum Gasteiger partial charge on any atom is 0.219 e. The summed E-state index contributed by atoms with van der Waals surface area (Å²) in [6.07, 6.45) is -0.0952. The molecular formula is C18H20F2N8O. The lowest BCUT2D eigenvalue weighted by Crippen LogP contribution is -2.33. The monoisotopic (exact) mass is 402 g/mol. The number of hydrogen-bond acceptors (Lipinski definition) is 8. The predicted octanol–water partition coefficient (Wildman–Crippen LogP) is 1.63. The number of ether oxygens (including phenoxy) is 1. The van der Waals surface area contributed by atoms with Crippen LogP contribution in [-0.2, 0) is 16.9 Å². The molecule has 2 aliphatic rings. The Kier molecular flexibility index (Phi) is 3.92. The highest BCUT2D eigenvalue weighted by molar-refractivity contribution is 5.86. The Bertz CT molecular complexity index is 1070. The summed E-state index contributed by atoms with van der Waals surface area (Å²) in [5.74, 6) is 1.57. The molecule has 0 saturated carbocycles. The molecule has 2 aliphatic heterocycles. The van der Waals surface area contributed by atoms with Crippen molar-refractivity contribution in [2.45, 2.75) is 38.3 Å². The third-order valence-electron chi connectivity index (χ3n) is 5.30. The third kappa shape index (κ3) is 2.87. The van der Waals surface area contributed by atoms with Crippen molar-refractivity contribution in [3.05, 3.63) is 18.2 Å². The van der Waals surface area contributed by atoms with Gasteiger partial charge < -0.3 is 19.9 Å². The fourth-order valence-electron chi connectivity index (χ4n) is 3.81. The highest BCUT2D eigenvalue weighted by Gasteiger charge is 2.38. The van der Waals surface area contributed by atoms with E-state index in [1.54, 1.807) is 4.90 Å². The van der Waals surface area contributed by atoms with Crippen LogP contribution in [-0.4, -0.2) is 61.5 Å². The number of alkyl halides is 2. The first-order chi connectivity index (χ1) is 13.8. The number of anilines is 2. The number of halogens is 2. The van der Waals surface area contributed by atoms with Gasteiger partial charge in [0.15, 0.2) is 35.1 Å². The van der Waals surface area contributed by atoms with E-state index in [1.165, 1.54) is 12.4 Å². The van der Waals surface area contributed by atoms with Gasteiger partial charge in [0.25, 0.3) is 0 Å². The zero-order valence-electron chi connectivity index (χ0n) is 16.0. The average Bonchev–Trinajstić information content (AvgIpc) is 3.23. The van der Waals surface area contributed by atoms with E-state index in [9.17, 15) is 8.78 Å². The molecule has 0 aliphatic carbocycles. The number of rotatable bonds is 2. The number of aromatic nitrogens is 6. The van der Waals surface area contributed by atoms with Gasteiger partial charge in [-0.05, 0) is 13.8 Å². The second-order valence-electron chi connectivity index (χ2n) is 7.76. The molecule has 0 aromatic carbocycles. The fourth-order valence-corrected chi connectivity index (χ4v) is 3.81. The molecule has 2 atom stereocenters. The molecule has 0 spiro atoms. The predicted molar refractivity (Wildman–Crippen MR) is 102 cm³/mol. The van der Waals surface area contributed by atoms with Gasteiger partial charge in [0.05, 0.1) is 25.3 Å². The van der Waals surface area contributed by atoms with E-state index in [4.69, 9.17) is 15.5 Å². The van der Waals surface area contributed by atoms with Gasteiger partial charge >= 0.3 is 0 Å². The van der Waals surface area contributed by atoms with Gasteiger partial charge in [-0.15, -0.1) is 0 Å². The number of nitrogen functional groups attached to an aromatic ring is 1. The van der Waals surface area contributed by atoms with Crippen molar-refractivity contribution in [1.29, 1.82) is 0 Å². The molecule has 2 N–H and O–H groups in total. The zero-order chi connectivity index (χ0) is 20.3. The molecule has 152 valence electrons. The molecule has 0 radical (unpaired) electrons. The SMILES string of the molecule is CC1(C)OCCn2c1nc1c(N3CC(F)C(F)C3)nc(-c3cnc(N)nc3)nc12. The molecule has 3 aromatic rings. The second kappa shape index (κ2) is 6.28. The molecule has 0 bridgehead atoms. The number of fused-ring (bicyclic) bond motifs is 3. The summed E-state index contributed by atoms with van der Waals surface area (Å²) >= 11 is 0. The Morgan fingerprint density at radius 2 is 1.79 bits per heavy atom. The van der Waals surface area contributed by atoms with Crippen molar-refractivity contribution in [1.82, 2.24) is 29.5 Å². The molecule has 5 heterocycles. The summed E-state index contributed by atoms with van der Waals surface area (Å²) in [4.78, 5) is 23.6. The van der Waals surface area contributed by atoms with E-state index < -0.39 is 17.9 Å². The van der Waals surface area contributed by atoms with Crippen LogP contribution in [0.4, 0.5) is 20.5 Å². The van der Waals surface area contributed by atoms with Gasteiger partial charge in [-0.2, -0.15) is 0 Å². The van der Waals surface area contributed by atoms with E-state index in [2.05, 4.69) is 19.9 Å². The smallest absolute Gasteiger partial charge is 0.219 e. The van der Waals surface area contributed by atoms with Crippen LogP contribution in [0.2, 0.25) is 0 Å². The van der Waals surface area contributed by atoms with Crippen molar-refractivity contribution in [3.63, 3.8) is 0 Å². The van der Waals surface area contributed by atoms with E-state index in [0.29, 0.717) is 47.3 Å². The first kappa shape index (κ1) is 18.1. The van der Waals surface area contributed by atoms with Gasteiger partial charge in [0.1, 0.15) is 11.4 Å². The molecule has 11 heteroatoms. The lowest BCUT2D eigenvalue weighted by atomic mass is 10.1. The first-order valence-corrected chi connectivity index (χ1v) is 9.37. The van der Waals surface area contributed by atoms with Crippen molar-refractivity contribution >= 4 is 22.9 Å². The van der Waals surface area contributed by atoms with Crippen LogP contribution in [0.3, 0.4) is 0 Å². The highest BCUT2D eigenvalue weighted by Crippen LogP contribution is 2.36. The summed E-state index contributed by atoms with van der Waals surface area (Å²) in [5, 5.41) is 0. The number of nitrogens with zero attached hydrogens (tertiary/aromatic N) is 7. The molecule has 0 amide bonds. The third-order valence-corrected chi connectivity index (χ3v) is 5.30. The van der Waals surface area contributed by atoms with Crippen LogP contribution in [0.25, 0.3) is 22.6 Å². The Labute approximate surface area is 165 Å². The minimum atomic E-state index is -1.57. The Morgan fingerprint density at radius 1 is 1.10 bits per heavy atom. The van der Waals surface area contributed by atoms with Crippen LogP contribution >= 0.6 is 0 Å². The van der Waals surface area contributed by atoms with Crippen LogP contribution in [0, 0.1) is 0 Å². The first-order valence-electron chi connectivity index (χ1n) is 9.37. The molecule has 9 nitrogen and oxygen atoms in total. The van der Waals surface area contributed by atoms with E-state index in [-0.39, 0.29) is 19.0 Å². The summed E-state index contributed by atoms with van der Waals surface area (Å²) in [5.41, 5.74) is 6.60. The fraction of sp³-hybridized carbons (Fsp3) is 0.500. The highest BCUT2D eigenvalue weighted by atomic mass is 19.2. The lowest BCUT2D eigenvalue weighted by Gasteiger charge is -2.30. The number of nitrogens with two attached hydrogens (primary N) is 1. The normalized spacial score (nSPS) is 23.5. The van der Waals surface area contributed by atoms with Gasteiger partial charge in [-0.1, -0.05) is 0 Å². The van der Waals surface area contributed by atoms with Gasteiger partial charge in [-0.3, -0.25) is 0 Å². The standard InChI is InChI=1S/C18H20F2N8O/c1-18(2)16-24-12-14(27-7-10(19)11(20)8-27)25-13(9-5-22-17(21)23-6-9)26-15(12)28(16)3-4-29-18/h5-6,10-11H,3-4,7-8H2,1-2H3,(H2,21,22,23). The van der Waals surface area contributed by atoms with Crippen LogP contribution in [0.15, 0.2) is 12.4 Å². The molecule has 1 fully saturated rings. The van der Waals surface area contributed by atoms with Crippen LogP contribution in [0.5, 0.6) is 0 Å². The summed E-state index contributed by atoms with van der Waals surface area (Å²) < 4.78 is 35.7.